The molecule has 0 atom stereocenters. The Morgan fingerprint density at radius 1 is 1.33 bits per heavy atom. The molecule has 0 radical (unpaired) electrons. The SMILES string of the molecule is C[NH+](C)CCN(C(=O)C1CCCCC1)c1nc2ccc(F)cc2s1. The van der Waals surface area contributed by atoms with Crippen LogP contribution in [0.1, 0.15) is 32.1 Å². The van der Waals surface area contributed by atoms with Crippen LogP contribution in [0, 0.1) is 11.7 Å². The summed E-state index contributed by atoms with van der Waals surface area (Å²) in [6, 6.07) is 4.60. The van der Waals surface area contributed by atoms with Crippen molar-refractivity contribution in [3.05, 3.63) is 24.0 Å². The van der Waals surface area contributed by atoms with Crippen LogP contribution in [0.4, 0.5) is 9.52 Å². The lowest BCUT2D eigenvalue weighted by Crippen LogP contribution is -3.06. The Labute approximate surface area is 146 Å². The highest BCUT2D eigenvalue weighted by Gasteiger charge is 2.29. The lowest BCUT2D eigenvalue weighted by molar-refractivity contribution is -0.856. The average molecular weight is 350 g/mol. The summed E-state index contributed by atoms with van der Waals surface area (Å²) in [5.41, 5.74) is 0.759. The van der Waals surface area contributed by atoms with Crippen molar-refractivity contribution in [1.29, 1.82) is 0 Å². The topological polar surface area (TPSA) is 37.6 Å². The maximum absolute atomic E-state index is 13.4. The Morgan fingerprint density at radius 2 is 2.08 bits per heavy atom. The van der Waals surface area contributed by atoms with Crippen molar-refractivity contribution in [2.75, 3.05) is 32.1 Å². The number of anilines is 1. The Morgan fingerprint density at radius 3 is 2.79 bits per heavy atom. The predicted octanol–water partition coefficient (Wildman–Crippen LogP) is 2.49. The number of hydrogen-bond donors (Lipinski definition) is 1. The van der Waals surface area contributed by atoms with Gasteiger partial charge < -0.3 is 4.90 Å². The number of benzene rings is 1. The summed E-state index contributed by atoms with van der Waals surface area (Å²) < 4.78 is 14.2. The molecule has 1 amide bonds. The van der Waals surface area contributed by atoms with Gasteiger partial charge in [-0.25, -0.2) is 9.37 Å². The molecule has 2 aromatic rings. The van der Waals surface area contributed by atoms with Crippen LogP contribution >= 0.6 is 11.3 Å². The summed E-state index contributed by atoms with van der Waals surface area (Å²) in [4.78, 5) is 20.8. The summed E-state index contributed by atoms with van der Waals surface area (Å²) in [6.07, 6.45) is 5.45. The van der Waals surface area contributed by atoms with Gasteiger partial charge in [0.15, 0.2) is 5.13 Å². The highest BCUT2D eigenvalue weighted by Crippen LogP contribution is 2.32. The number of likely N-dealkylation sites (N-methyl/N-ethyl adjacent to an activating group) is 1. The molecule has 1 aliphatic carbocycles. The van der Waals surface area contributed by atoms with Gasteiger partial charge in [-0.05, 0) is 31.0 Å². The maximum atomic E-state index is 13.4. The fourth-order valence-corrected chi connectivity index (χ4v) is 4.23. The zero-order chi connectivity index (χ0) is 17.1. The normalized spacial score (nSPS) is 16.0. The smallest absolute Gasteiger partial charge is 0.232 e. The Bertz CT molecular complexity index is 709. The van der Waals surface area contributed by atoms with E-state index in [1.807, 2.05) is 4.90 Å². The summed E-state index contributed by atoms with van der Waals surface area (Å²) in [6.45, 7) is 1.52. The second-order valence-corrected chi connectivity index (χ2v) is 7.90. The van der Waals surface area contributed by atoms with Gasteiger partial charge in [0.1, 0.15) is 5.82 Å². The predicted molar refractivity (Wildman–Crippen MR) is 96.2 cm³/mol. The minimum atomic E-state index is -0.263. The van der Waals surface area contributed by atoms with Gasteiger partial charge in [-0.15, -0.1) is 0 Å². The second-order valence-electron chi connectivity index (χ2n) is 6.89. The van der Waals surface area contributed by atoms with Crippen LogP contribution in [0.3, 0.4) is 0 Å². The van der Waals surface area contributed by atoms with Crippen LogP contribution in [0.2, 0.25) is 0 Å². The quantitative estimate of drug-likeness (QED) is 0.900. The number of nitrogens with one attached hydrogen (secondary N) is 1. The van der Waals surface area contributed by atoms with E-state index in [2.05, 4.69) is 19.1 Å². The Kier molecular flexibility index (Phi) is 5.46. The third kappa shape index (κ3) is 3.92. The fourth-order valence-electron chi connectivity index (χ4n) is 3.21. The number of quaternary nitrogens is 1. The van der Waals surface area contributed by atoms with E-state index in [1.165, 1.54) is 34.8 Å². The maximum Gasteiger partial charge on any atom is 0.232 e. The molecule has 1 fully saturated rings. The monoisotopic (exact) mass is 350 g/mol. The number of thiazole rings is 1. The van der Waals surface area contributed by atoms with E-state index >= 15 is 0 Å². The van der Waals surface area contributed by atoms with Gasteiger partial charge in [0.05, 0.1) is 37.4 Å². The minimum absolute atomic E-state index is 0.111. The first-order valence-corrected chi connectivity index (χ1v) is 9.53. The first-order valence-electron chi connectivity index (χ1n) is 8.71. The molecule has 1 N–H and O–H groups in total. The molecule has 1 saturated carbocycles. The molecule has 3 rings (SSSR count). The molecule has 130 valence electrons. The van der Waals surface area contributed by atoms with Crippen LogP contribution in [0.5, 0.6) is 0 Å². The fraction of sp³-hybridized carbons (Fsp3) is 0.556. The molecule has 4 nitrogen and oxygen atoms in total. The lowest BCUT2D eigenvalue weighted by Gasteiger charge is -2.27. The number of carbonyl (C=O) groups is 1. The largest absolute Gasteiger partial charge is 0.338 e. The van der Waals surface area contributed by atoms with E-state index < -0.39 is 0 Å². The number of aromatic nitrogens is 1. The number of hydrogen-bond acceptors (Lipinski definition) is 3. The zero-order valence-corrected chi connectivity index (χ0v) is 15.2. The Hall–Kier alpha value is -1.53. The van der Waals surface area contributed by atoms with Gasteiger partial charge in [0.2, 0.25) is 5.91 Å². The van der Waals surface area contributed by atoms with Crippen LogP contribution in [-0.2, 0) is 4.79 Å². The van der Waals surface area contributed by atoms with Crippen molar-refractivity contribution in [1.82, 2.24) is 4.98 Å². The van der Waals surface area contributed by atoms with E-state index in [0.717, 1.165) is 42.4 Å². The average Bonchev–Trinajstić information content (AvgIpc) is 2.98. The third-order valence-electron chi connectivity index (χ3n) is 4.63. The van der Waals surface area contributed by atoms with Crippen LogP contribution in [0.15, 0.2) is 18.2 Å². The van der Waals surface area contributed by atoms with Crippen molar-refractivity contribution in [2.24, 2.45) is 5.92 Å². The molecule has 1 heterocycles. The summed E-state index contributed by atoms with van der Waals surface area (Å²) in [7, 11) is 4.16. The molecule has 1 aliphatic rings. The summed E-state index contributed by atoms with van der Waals surface area (Å²) in [5.74, 6) is 0.0377. The molecule has 0 bridgehead atoms. The third-order valence-corrected chi connectivity index (χ3v) is 5.67. The highest BCUT2D eigenvalue weighted by molar-refractivity contribution is 7.22. The van der Waals surface area contributed by atoms with Crippen molar-refractivity contribution in [3.63, 3.8) is 0 Å². The highest BCUT2D eigenvalue weighted by atomic mass is 32.1. The standard InChI is InChI=1S/C18H24FN3OS/c1-21(2)10-11-22(17(23)13-6-4-3-5-7-13)18-20-15-9-8-14(19)12-16(15)24-18/h8-9,12-13H,3-7,10-11H2,1-2H3/p+1. The molecule has 0 saturated heterocycles. The van der Waals surface area contributed by atoms with Crippen molar-refractivity contribution < 1.29 is 14.1 Å². The van der Waals surface area contributed by atoms with Gasteiger partial charge in [0.25, 0.3) is 0 Å². The lowest BCUT2D eigenvalue weighted by atomic mass is 9.88. The number of fused-ring (bicyclic) bond motifs is 1. The molecule has 1 aromatic heterocycles. The Balaban J connectivity index is 1.88. The van der Waals surface area contributed by atoms with E-state index in [9.17, 15) is 9.18 Å². The second kappa shape index (κ2) is 7.57. The molecular formula is C18H25FN3OS+. The first-order chi connectivity index (χ1) is 11.5. The van der Waals surface area contributed by atoms with E-state index in [0.29, 0.717) is 11.7 Å². The minimum Gasteiger partial charge on any atom is -0.338 e. The molecule has 0 aliphatic heterocycles. The van der Waals surface area contributed by atoms with Gasteiger partial charge in [-0.1, -0.05) is 30.6 Å². The number of nitrogens with zero attached hydrogens (tertiary/aromatic N) is 2. The molecule has 6 heteroatoms. The van der Waals surface area contributed by atoms with Crippen molar-refractivity contribution in [3.8, 4) is 0 Å². The van der Waals surface area contributed by atoms with E-state index in [-0.39, 0.29) is 17.6 Å². The van der Waals surface area contributed by atoms with Gasteiger partial charge in [-0.2, -0.15) is 0 Å². The van der Waals surface area contributed by atoms with E-state index in [1.54, 1.807) is 6.07 Å². The van der Waals surface area contributed by atoms with Crippen LogP contribution < -0.4 is 9.80 Å². The van der Waals surface area contributed by atoms with Crippen molar-refractivity contribution >= 4 is 32.6 Å². The number of halogens is 1. The van der Waals surface area contributed by atoms with E-state index in [4.69, 9.17) is 0 Å². The van der Waals surface area contributed by atoms with Crippen LogP contribution in [0.25, 0.3) is 10.2 Å². The molecule has 0 spiro atoms. The molecule has 1 aromatic carbocycles. The number of amides is 1. The summed E-state index contributed by atoms with van der Waals surface area (Å²) >= 11 is 1.41. The zero-order valence-electron chi connectivity index (χ0n) is 14.3. The van der Waals surface area contributed by atoms with Crippen molar-refractivity contribution in [2.45, 2.75) is 32.1 Å². The first kappa shape index (κ1) is 17.3. The summed E-state index contributed by atoms with van der Waals surface area (Å²) in [5, 5.41) is 0.701. The number of rotatable bonds is 5. The van der Waals surface area contributed by atoms with Gasteiger partial charge in [-0.3, -0.25) is 9.69 Å². The molecular weight excluding hydrogens is 325 g/mol. The molecule has 0 unspecified atom stereocenters. The number of carbonyl (C=O) groups excluding carboxylic acids is 1. The molecule has 24 heavy (non-hydrogen) atoms. The van der Waals surface area contributed by atoms with Gasteiger partial charge >= 0.3 is 0 Å². The van der Waals surface area contributed by atoms with Gasteiger partial charge in [0, 0.05) is 5.92 Å². The van der Waals surface area contributed by atoms with Crippen LogP contribution in [-0.4, -0.2) is 38.1 Å².